The predicted molar refractivity (Wildman–Crippen MR) is 69.9 cm³/mol. The monoisotopic (exact) mass is 314 g/mol. The van der Waals surface area contributed by atoms with Crippen LogP contribution >= 0.6 is 27.5 Å². The summed E-state index contributed by atoms with van der Waals surface area (Å²) in [5.74, 6) is 0.0610. The number of hydrogen-bond acceptors (Lipinski definition) is 1. The topological polar surface area (TPSA) is 9.23 Å². The third-order valence-electron chi connectivity index (χ3n) is 2.19. The van der Waals surface area contributed by atoms with Crippen molar-refractivity contribution in [1.29, 1.82) is 0 Å². The molecule has 0 aliphatic rings. The van der Waals surface area contributed by atoms with Gasteiger partial charge in [0.2, 0.25) is 0 Å². The molecule has 0 saturated carbocycles. The van der Waals surface area contributed by atoms with Crippen LogP contribution in [0.1, 0.15) is 5.56 Å². The Morgan fingerprint density at radius 1 is 1.18 bits per heavy atom. The molecule has 0 radical (unpaired) electrons. The molecule has 0 saturated heterocycles. The van der Waals surface area contributed by atoms with Gasteiger partial charge in [-0.3, -0.25) is 0 Å². The second-order valence-corrected chi connectivity index (χ2v) is 4.73. The summed E-state index contributed by atoms with van der Waals surface area (Å²) in [6.07, 6.45) is 0. The van der Waals surface area contributed by atoms with Crippen molar-refractivity contribution in [2.45, 2.75) is 6.61 Å². The zero-order valence-corrected chi connectivity index (χ0v) is 11.1. The van der Waals surface area contributed by atoms with Gasteiger partial charge in [0, 0.05) is 0 Å². The summed E-state index contributed by atoms with van der Waals surface area (Å²) >= 11 is 9.13. The fraction of sp³-hybridized carbons (Fsp3) is 0.0769. The largest absolute Gasteiger partial charge is 0.486 e. The minimum atomic E-state index is -0.395. The van der Waals surface area contributed by atoms with E-state index in [4.69, 9.17) is 16.3 Å². The molecule has 0 aromatic heterocycles. The van der Waals surface area contributed by atoms with Gasteiger partial charge in [-0.1, -0.05) is 41.9 Å². The van der Waals surface area contributed by atoms with Crippen LogP contribution in [-0.4, -0.2) is 0 Å². The van der Waals surface area contributed by atoms with E-state index < -0.39 is 5.82 Å². The van der Waals surface area contributed by atoms with Gasteiger partial charge in [0.15, 0.2) is 5.75 Å². The fourth-order valence-corrected chi connectivity index (χ4v) is 2.32. The van der Waals surface area contributed by atoms with Crippen molar-refractivity contribution in [1.82, 2.24) is 0 Å². The molecule has 0 amide bonds. The van der Waals surface area contributed by atoms with Crippen LogP contribution < -0.4 is 4.74 Å². The van der Waals surface area contributed by atoms with E-state index in [0.717, 1.165) is 5.56 Å². The molecule has 17 heavy (non-hydrogen) atoms. The first-order valence-corrected chi connectivity index (χ1v) is 6.15. The molecular formula is C13H9BrClFO. The second kappa shape index (κ2) is 5.52. The predicted octanol–water partition coefficient (Wildman–Crippen LogP) is 4.82. The molecule has 0 atom stereocenters. The molecule has 0 N–H and O–H groups in total. The van der Waals surface area contributed by atoms with Crippen LogP contribution in [0.2, 0.25) is 5.02 Å². The maximum Gasteiger partial charge on any atom is 0.152 e. The van der Waals surface area contributed by atoms with Crippen molar-refractivity contribution in [3.8, 4) is 5.75 Å². The van der Waals surface area contributed by atoms with Crippen LogP contribution in [0.3, 0.4) is 0 Å². The van der Waals surface area contributed by atoms with E-state index in [1.54, 1.807) is 0 Å². The van der Waals surface area contributed by atoms with Crippen molar-refractivity contribution in [3.63, 3.8) is 0 Å². The van der Waals surface area contributed by atoms with Gasteiger partial charge in [-0.05, 0) is 33.6 Å². The lowest BCUT2D eigenvalue weighted by Crippen LogP contribution is -1.96. The average Bonchev–Trinajstić information content (AvgIpc) is 2.29. The van der Waals surface area contributed by atoms with Crippen molar-refractivity contribution in [3.05, 3.63) is 63.3 Å². The van der Waals surface area contributed by atoms with Gasteiger partial charge < -0.3 is 4.74 Å². The number of ether oxygens (including phenoxy) is 1. The summed E-state index contributed by atoms with van der Waals surface area (Å²) in [4.78, 5) is 0. The van der Waals surface area contributed by atoms with E-state index in [1.807, 2.05) is 30.3 Å². The fourth-order valence-electron chi connectivity index (χ4n) is 1.40. The Kier molecular flexibility index (Phi) is 4.02. The third kappa shape index (κ3) is 3.20. The van der Waals surface area contributed by atoms with Crippen LogP contribution in [0.15, 0.2) is 46.9 Å². The van der Waals surface area contributed by atoms with Gasteiger partial charge in [-0.15, -0.1) is 0 Å². The lowest BCUT2D eigenvalue weighted by atomic mass is 10.2. The van der Waals surface area contributed by atoms with E-state index in [2.05, 4.69) is 15.9 Å². The highest BCUT2D eigenvalue weighted by atomic mass is 79.9. The van der Waals surface area contributed by atoms with Gasteiger partial charge in [0.1, 0.15) is 12.4 Å². The Bertz CT molecular complexity index is 493. The van der Waals surface area contributed by atoms with Crippen LogP contribution in [0.25, 0.3) is 0 Å². The van der Waals surface area contributed by atoms with Crippen molar-refractivity contribution in [2.24, 2.45) is 0 Å². The number of hydrogen-bond donors (Lipinski definition) is 0. The molecule has 0 heterocycles. The van der Waals surface area contributed by atoms with E-state index in [-0.39, 0.29) is 5.02 Å². The highest BCUT2D eigenvalue weighted by molar-refractivity contribution is 9.10. The Morgan fingerprint density at radius 3 is 2.53 bits per heavy atom. The summed E-state index contributed by atoms with van der Waals surface area (Å²) in [5.41, 5.74) is 1.03. The van der Waals surface area contributed by atoms with E-state index in [0.29, 0.717) is 16.8 Å². The standard InChI is InChI=1S/C13H9BrClFO/c14-11-6-10(16)7-12(15)13(11)17-8-9-4-2-1-3-5-9/h1-7H,8H2. The molecule has 4 heteroatoms. The molecule has 0 aliphatic carbocycles. The minimum absolute atomic E-state index is 0.257. The maximum absolute atomic E-state index is 13.0. The third-order valence-corrected chi connectivity index (χ3v) is 3.06. The Morgan fingerprint density at radius 2 is 1.88 bits per heavy atom. The number of benzene rings is 2. The first kappa shape index (κ1) is 12.4. The maximum atomic E-state index is 13.0. The lowest BCUT2D eigenvalue weighted by molar-refractivity contribution is 0.304. The SMILES string of the molecule is Fc1cc(Cl)c(OCc2ccccc2)c(Br)c1. The molecule has 0 unspecified atom stereocenters. The first-order valence-electron chi connectivity index (χ1n) is 4.98. The molecule has 1 nitrogen and oxygen atoms in total. The minimum Gasteiger partial charge on any atom is -0.486 e. The second-order valence-electron chi connectivity index (χ2n) is 3.47. The highest BCUT2D eigenvalue weighted by Crippen LogP contribution is 2.34. The number of halogens is 3. The summed E-state index contributed by atoms with van der Waals surface area (Å²) in [7, 11) is 0. The zero-order chi connectivity index (χ0) is 12.3. The molecule has 0 aliphatic heterocycles. The normalized spacial score (nSPS) is 10.3. The molecule has 2 aromatic carbocycles. The summed E-state index contributed by atoms with van der Waals surface area (Å²) in [6.45, 7) is 0.394. The van der Waals surface area contributed by atoms with Gasteiger partial charge >= 0.3 is 0 Å². The molecule has 88 valence electrons. The Labute approximate surface area is 112 Å². The molecular weight excluding hydrogens is 306 g/mol. The van der Waals surface area contributed by atoms with Gasteiger partial charge in [-0.25, -0.2) is 4.39 Å². The molecule has 2 rings (SSSR count). The average molecular weight is 316 g/mol. The molecule has 0 bridgehead atoms. The Balaban J connectivity index is 2.15. The Hall–Kier alpha value is -1.06. The van der Waals surface area contributed by atoms with Crippen LogP contribution in [0.5, 0.6) is 5.75 Å². The van der Waals surface area contributed by atoms with Gasteiger partial charge in [0.05, 0.1) is 9.50 Å². The van der Waals surface area contributed by atoms with E-state index in [9.17, 15) is 4.39 Å². The van der Waals surface area contributed by atoms with Crippen LogP contribution in [0.4, 0.5) is 4.39 Å². The lowest BCUT2D eigenvalue weighted by Gasteiger charge is -2.10. The summed E-state index contributed by atoms with van der Waals surface area (Å²) in [5, 5.41) is 0.257. The smallest absolute Gasteiger partial charge is 0.152 e. The summed E-state index contributed by atoms with van der Waals surface area (Å²) < 4.78 is 19.1. The zero-order valence-electron chi connectivity index (χ0n) is 8.79. The highest BCUT2D eigenvalue weighted by Gasteiger charge is 2.09. The quantitative estimate of drug-likeness (QED) is 0.789. The van der Waals surface area contributed by atoms with E-state index in [1.165, 1.54) is 12.1 Å². The molecule has 0 spiro atoms. The summed E-state index contributed by atoms with van der Waals surface area (Å²) in [6, 6.07) is 12.2. The van der Waals surface area contributed by atoms with Crippen molar-refractivity contribution < 1.29 is 9.13 Å². The molecule has 0 fully saturated rings. The molecule has 2 aromatic rings. The van der Waals surface area contributed by atoms with Gasteiger partial charge in [-0.2, -0.15) is 0 Å². The van der Waals surface area contributed by atoms with E-state index >= 15 is 0 Å². The number of rotatable bonds is 3. The van der Waals surface area contributed by atoms with Crippen molar-refractivity contribution >= 4 is 27.5 Å². The van der Waals surface area contributed by atoms with Crippen molar-refractivity contribution in [2.75, 3.05) is 0 Å². The van der Waals surface area contributed by atoms with Crippen LogP contribution in [-0.2, 0) is 6.61 Å². The first-order chi connectivity index (χ1) is 8.16. The van der Waals surface area contributed by atoms with Gasteiger partial charge in [0.25, 0.3) is 0 Å². The van der Waals surface area contributed by atoms with Crippen LogP contribution in [0, 0.1) is 5.82 Å².